The molecule has 0 aliphatic heterocycles. The largest absolute Gasteiger partial charge is 0.492 e. The zero-order valence-electron chi connectivity index (χ0n) is 11.9. The van der Waals surface area contributed by atoms with E-state index in [1.807, 2.05) is 44.2 Å². The van der Waals surface area contributed by atoms with E-state index < -0.39 is 0 Å². The Morgan fingerprint density at radius 2 is 1.86 bits per heavy atom. The maximum absolute atomic E-state index is 13.8. The molecule has 2 aromatic rings. The van der Waals surface area contributed by atoms with Crippen molar-refractivity contribution < 1.29 is 9.13 Å². The fraction of sp³-hybridized carbons (Fsp3) is 0.188. The monoisotopic (exact) mass is 304 g/mol. The highest BCUT2D eigenvalue weighted by atomic mass is 32.1. The van der Waals surface area contributed by atoms with Crippen LogP contribution in [-0.2, 0) is 0 Å². The highest BCUT2D eigenvalue weighted by Gasteiger charge is 2.07. The van der Waals surface area contributed by atoms with E-state index in [0.29, 0.717) is 23.2 Å². The second-order valence-corrected chi connectivity index (χ2v) is 4.90. The van der Waals surface area contributed by atoms with Gasteiger partial charge >= 0.3 is 0 Å². The summed E-state index contributed by atoms with van der Waals surface area (Å²) in [7, 11) is 0. The molecule has 0 radical (unpaired) electrons. The van der Waals surface area contributed by atoms with Gasteiger partial charge in [-0.2, -0.15) is 0 Å². The molecule has 0 saturated carbocycles. The molecule has 0 aromatic heterocycles. The average molecular weight is 304 g/mol. The van der Waals surface area contributed by atoms with E-state index in [1.165, 1.54) is 6.07 Å². The van der Waals surface area contributed by atoms with Gasteiger partial charge in [-0.3, -0.25) is 0 Å². The normalized spacial score (nSPS) is 10.0. The Morgan fingerprint density at radius 1 is 1.14 bits per heavy atom. The molecule has 2 rings (SSSR count). The zero-order valence-corrected chi connectivity index (χ0v) is 12.8. The van der Waals surface area contributed by atoms with Crippen LogP contribution in [0.25, 0.3) is 0 Å². The number of hydrogen-bond donors (Lipinski definition) is 2. The van der Waals surface area contributed by atoms with Gasteiger partial charge in [0.05, 0.1) is 18.0 Å². The number of hydrogen-bond acceptors (Lipinski definition) is 2. The van der Waals surface area contributed by atoms with E-state index in [2.05, 4.69) is 10.6 Å². The second kappa shape index (κ2) is 7.04. The highest BCUT2D eigenvalue weighted by molar-refractivity contribution is 7.80. The summed E-state index contributed by atoms with van der Waals surface area (Å²) in [6.07, 6.45) is 0. The van der Waals surface area contributed by atoms with Crippen molar-refractivity contribution in [3.63, 3.8) is 0 Å². The van der Waals surface area contributed by atoms with Crippen LogP contribution in [0.2, 0.25) is 0 Å². The van der Waals surface area contributed by atoms with Crippen molar-refractivity contribution >= 4 is 28.7 Å². The maximum Gasteiger partial charge on any atom is 0.175 e. The van der Waals surface area contributed by atoms with E-state index in [-0.39, 0.29) is 5.82 Å². The number of benzene rings is 2. The standard InChI is InChI=1S/C16H17FN2OS/c1-3-20-15-7-5-4-6-14(15)19-16(21)18-13-9-8-11(2)10-12(13)17/h4-10H,3H2,1-2H3,(H2,18,19,21). The summed E-state index contributed by atoms with van der Waals surface area (Å²) >= 11 is 5.21. The van der Waals surface area contributed by atoms with Gasteiger partial charge in [0.25, 0.3) is 0 Å². The molecule has 0 unspecified atom stereocenters. The first-order valence-corrected chi connectivity index (χ1v) is 7.07. The van der Waals surface area contributed by atoms with Crippen molar-refractivity contribution in [1.29, 1.82) is 0 Å². The Morgan fingerprint density at radius 3 is 2.57 bits per heavy atom. The van der Waals surface area contributed by atoms with E-state index in [4.69, 9.17) is 17.0 Å². The van der Waals surface area contributed by atoms with Crippen LogP contribution in [0.5, 0.6) is 5.75 Å². The minimum atomic E-state index is -0.336. The van der Waals surface area contributed by atoms with Gasteiger partial charge in [0.15, 0.2) is 5.11 Å². The second-order valence-electron chi connectivity index (χ2n) is 4.49. The van der Waals surface area contributed by atoms with Crippen LogP contribution in [0.1, 0.15) is 12.5 Å². The number of nitrogens with one attached hydrogen (secondary N) is 2. The molecule has 5 heteroatoms. The number of thiocarbonyl (C=S) groups is 1. The first kappa shape index (κ1) is 15.3. The lowest BCUT2D eigenvalue weighted by atomic mass is 10.2. The van der Waals surface area contributed by atoms with Crippen LogP contribution in [0, 0.1) is 12.7 Å². The van der Waals surface area contributed by atoms with Crippen LogP contribution in [0.3, 0.4) is 0 Å². The summed E-state index contributed by atoms with van der Waals surface area (Å²) in [5.74, 6) is 0.366. The molecule has 21 heavy (non-hydrogen) atoms. The lowest BCUT2D eigenvalue weighted by Gasteiger charge is -2.14. The molecule has 0 spiro atoms. The smallest absolute Gasteiger partial charge is 0.175 e. The summed E-state index contributed by atoms with van der Waals surface area (Å²) < 4.78 is 19.3. The van der Waals surface area contributed by atoms with Gasteiger partial charge in [-0.05, 0) is 55.9 Å². The minimum absolute atomic E-state index is 0.310. The zero-order chi connectivity index (χ0) is 15.2. The van der Waals surface area contributed by atoms with Gasteiger partial charge in [-0.25, -0.2) is 4.39 Å². The van der Waals surface area contributed by atoms with Crippen LogP contribution < -0.4 is 15.4 Å². The lowest BCUT2D eigenvalue weighted by molar-refractivity contribution is 0.342. The number of para-hydroxylation sites is 2. The van der Waals surface area contributed by atoms with Gasteiger partial charge in [-0.1, -0.05) is 18.2 Å². The summed E-state index contributed by atoms with van der Waals surface area (Å²) in [6.45, 7) is 4.31. The first-order valence-electron chi connectivity index (χ1n) is 6.66. The molecule has 110 valence electrons. The highest BCUT2D eigenvalue weighted by Crippen LogP contribution is 2.24. The van der Waals surface area contributed by atoms with E-state index in [1.54, 1.807) is 6.07 Å². The molecule has 0 fully saturated rings. The third-order valence-electron chi connectivity index (χ3n) is 2.81. The van der Waals surface area contributed by atoms with Crippen molar-refractivity contribution in [3.05, 3.63) is 53.8 Å². The van der Waals surface area contributed by atoms with Gasteiger partial charge in [0.1, 0.15) is 11.6 Å². The third-order valence-corrected chi connectivity index (χ3v) is 3.01. The predicted molar refractivity (Wildman–Crippen MR) is 88.6 cm³/mol. The first-order chi connectivity index (χ1) is 10.1. The molecule has 2 aromatic carbocycles. The van der Waals surface area contributed by atoms with Crippen molar-refractivity contribution in [1.82, 2.24) is 0 Å². The van der Waals surface area contributed by atoms with Gasteiger partial charge in [0.2, 0.25) is 0 Å². The van der Waals surface area contributed by atoms with Crippen molar-refractivity contribution in [3.8, 4) is 5.75 Å². The minimum Gasteiger partial charge on any atom is -0.492 e. The van der Waals surface area contributed by atoms with Crippen molar-refractivity contribution in [2.45, 2.75) is 13.8 Å². The van der Waals surface area contributed by atoms with Gasteiger partial charge in [0, 0.05) is 0 Å². The molecule has 0 saturated heterocycles. The predicted octanol–water partition coefficient (Wildman–Crippen LogP) is 4.34. The Labute approximate surface area is 129 Å². The number of aryl methyl sites for hydroxylation is 1. The Bertz CT molecular complexity index is 646. The molecule has 0 amide bonds. The number of anilines is 2. The quantitative estimate of drug-likeness (QED) is 0.823. The Balaban J connectivity index is 2.08. The van der Waals surface area contributed by atoms with Crippen molar-refractivity contribution in [2.24, 2.45) is 0 Å². The molecule has 0 atom stereocenters. The van der Waals surface area contributed by atoms with E-state index in [0.717, 1.165) is 11.3 Å². The summed E-state index contributed by atoms with van der Waals surface area (Å²) in [5.41, 5.74) is 1.94. The average Bonchev–Trinajstić information content (AvgIpc) is 2.44. The molecule has 3 nitrogen and oxygen atoms in total. The molecule has 0 aliphatic carbocycles. The topological polar surface area (TPSA) is 33.3 Å². The van der Waals surface area contributed by atoms with E-state index in [9.17, 15) is 4.39 Å². The fourth-order valence-corrected chi connectivity index (χ4v) is 2.07. The van der Waals surface area contributed by atoms with Crippen LogP contribution in [-0.4, -0.2) is 11.7 Å². The molecular formula is C16H17FN2OS. The number of halogens is 1. The Hall–Kier alpha value is -2.14. The molecule has 0 bridgehead atoms. The fourth-order valence-electron chi connectivity index (χ4n) is 1.85. The molecular weight excluding hydrogens is 287 g/mol. The maximum atomic E-state index is 13.8. The van der Waals surface area contributed by atoms with Crippen LogP contribution in [0.15, 0.2) is 42.5 Å². The van der Waals surface area contributed by atoms with Crippen molar-refractivity contribution in [2.75, 3.05) is 17.2 Å². The van der Waals surface area contributed by atoms with Gasteiger partial charge in [-0.15, -0.1) is 0 Å². The lowest BCUT2D eigenvalue weighted by Crippen LogP contribution is -2.20. The summed E-state index contributed by atoms with van der Waals surface area (Å²) in [6, 6.07) is 12.4. The molecule has 0 aliphatic rings. The van der Waals surface area contributed by atoms with E-state index >= 15 is 0 Å². The molecule has 2 N–H and O–H groups in total. The third kappa shape index (κ3) is 4.16. The SMILES string of the molecule is CCOc1ccccc1NC(=S)Nc1ccc(C)cc1F. The number of rotatable bonds is 4. The van der Waals surface area contributed by atoms with Crippen LogP contribution in [0.4, 0.5) is 15.8 Å². The molecule has 0 heterocycles. The summed E-state index contributed by atoms with van der Waals surface area (Å²) in [5, 5.41) is 6.17. The summed E-state index contributed by atoms with van der Waals surface area (Å²) in [4.78, 5) is 0. The van der Waals surface area contributed by atoms with Crippen LogP contribution >= 0.6 is 12.2 Å². The van der Waals surface area contributed by atoms with Gasteiger partial charge < -0.3 is 15.4 Å². The number of ether oxygens (including phenoxy) is 1. The Kier molecular flexibility index (Phi) is 5.11.